The number of carbonyl (C=O) groups is 2. The fraction of sp³-hybridized carbons (Fsp3) is 0.412. The lowest BCUT2D eigenvalue weighted by Gasteiger charge is -2.37. The number of nitrogens with zero attached hydrogens (tertiary/aromatic N) is 1. The predicted molar refractivity (Wildman–Crippen MR) is 172 cm³/mol. The van der Waals surface area contributed by atoms with E-state index in [1.165, 1.54) is 12.1 Å². The first-order valence-electron chi connectivity index (χ1n) is 15.0. The van der Waals surface area contributed by atoms with Gasteiger partial charge >= 0.3 is 0 Å². The summed E-state index contributed by atoms with van der Waals surface area (Å²) in [6, 6.07) is 21.1. The molecule has 0 aliphatic carbocycles. The maximum absolute atomic E-state index is 14.8. The molecule has 3 N–H and O–H groups in total. The molecule has 0 saturated carbocycles. The Balaban J connectivity index is 1.56. The standard InChI is InChI=1S/C34H42N2O7Si/c1-21-31(44(5,6)27-13-10-25(41-3)11-14-27)30(16-17-37)43-34(21)28-19-26(42-4)12-15-29(28)36(33(34)40)20-23-8-7-9-24(18-23)35-32(39)22(2)38/h7-15,18-19,21-22,30-31,37-38H,16-17,20H2,1-6H3,(H,35,39)/t21-,22-,30+,31-,34+/m0/s1. The fourth-order valence-electron chi connectivity index (χ4n) is 7.15. The van der Waals surface area contributed by atoms with Crippen molar-refractivity contribution in [3.63, 3.8) is 0 Å². The van der Waals surface area contributed by atoms with Gasteiger partial charge in [-0.2, -0.15) is 0 Å². The first-order valence-corrected chi connectivity index (χ1v) is 18.1. The molecule has 5 rings (SSSR count). The molecule has 234 valence electrons. The Morgan fingerprint density at radius 2 is 1.75 bits per heavy atom. The summed E-state index contributed by atoms with van der Waals surface area (Å²) in [5, 5.41) is 23.7. The third kappa shape index (κ3) is 5.40. The highest BCUT2D eigenvalue weighted by Crippen LogP contribution is 2.60. The van der Waals surface area contributed by atoms with Crippen LogP contribution in [-0.4, -0.2) is 63.1 Å². The Bertz CT molecular complexity index is 1530. The minimum absolute atomic E-state index is 0.0185. The van der Waals surface area contributed by atoms with Crippen molar-refractivity contribution in [2.24, 2.45) is 5.92 Å². The topological polar surface area (TPSA) is 118 Å². The summed E-state index contributed by atoms with van der Waals surface area (Å²) >= 11 is 0. The molecule has 0 unspecified atom stereocenters. The Morgan fingerprint density at radius 1 is 1.07 bits per heavy atom. The van der Waals surface area contributed by atoms with Crippen LogP contribution in [0.3, 0.4) is 0 Å². The summed E-state index contributed by atoms with van der Waals surface area (Å²) in [6.07, 6.45) is -1.06. The van der Waals surface area contributed by atoms with E-state index in [9.17, 15) is 19.8 Å². The summed E-state index contributed by atoms with van der Waals surface area (Å²) in [5.41, 5.74) is 1.60. The summed E-state index contributed by atoms with van der Waals surface area (Å²) in [5.74, 6) is 0.549. The van der Waals surface area contributed by atoms with Gasteiger partial charge in [-0.3, -0.25) is 9.59 Å². The zero-order valence-corrected chi connectivity index (χ0v) is 27.2. The molecular formula is C34H42N2O7Si. The van der Waals surface area contributed by atoms with Crippen LogP contribution in [-0.2, 0) is 26.5 Å². The van der Waals surface area contributed by atoms with Gasteiger partial charge in [0.2, 0.25) is 0 Å². The molecule has 1 saturated heterocycles. The molecule has 44 heavy (non-hydrogen) atoms. The number of hydrogen-bond donors (Lipinski definition) is 3. The van der Waals surface area contributed by atoms with Crippen molar-refractivity contribution in [2.45, 2.75) is 63.3 Å². The van der Waals surface area contributed by atoms with Crippen LogP contribution in [0.25, 0.3) is 0 Å². The summed E-state index contributed by atoms with van der Waals surface area (Å²) in [6.45, 7) is 8.33. The Morgan fingerprint density at radius 3 is 2.39 bits per heavy atom. The quantitative estimate of drug-likeness (QED) is 0.292. The van der Waals surface area contributed by atoms with E-state index < -0.39 is 25.7 Å². The number of carbonyl (C=O) groups excluding carboxylic acids is 2. The third-order valence-electron chi connectivity index (χ3n) is 9.37. The van der Waals surface area contributed by atoms with E-state index in [0.717, 1.165) is 22.6 Å². The number of aliphatic hydroxyl groups excluding tert-OH is 2. The van der Waals surface area contributed by atoms with Gasteiger partial charge in [-0.1, -0.05) is 49.5 Å². The van der Waals surface area contributed by atoms with Gasteiger partial charge in [0, 0.05) is 23.8 Å². The average Bonchev–Trinajstić information content (AvgIpc) is 3.43. The van der Waals surface area contributed by atoms with Gasteiger partial charge in [0.1, 0.15) is 17.6 Å². The predicted octanol–water partition coefficient (Wildman–Crippen LogP) is 4.17. The molecule has 0 bridgehead atoms. The van der Waals surface area contributed by atoms with E-state index in [4.69, 9.17) is 14.2 Å². The lowest BCUT2D eigenvalue weighted by molar-refractivity contribution is -0.146. The Kier molecular flexibility index (Phi) is 8.91. The molecule has 9 nitrogen and oxygen atoms in total. The summed E-state index contributed by atoms with van der Waals surface area (Å²) in [7, 11) is 0.958. The Hall–Kier alpha value is -3.70. The molecular weight excluding hydrogens is 576 g/mol. The number of ether oxygens (including phenoxy) is 3. The van der Waals surface area contributed by atoms with Gasteiger partial charge in [-0.05, 0) is 66.9 Å². The van der Waals surface area contributed by atoms with Gasteiger partial charge in [0.15, 0.2) is 5.60 Å². The second-order valence-electron chi connectivity index (χ2n) is 12.3. The highest BCUT2D eigenvalue weighted by atomic mass is 28.3. The molecule has 0 radical (unpaired) electrons. The van der Waals surface area contributed by atoms with Crippen molar-refractivity contribution in [3.05, 3.63) is 77.9 Å². The van der Waals surface area contributed by atoms with E-state index in [0.29, 0.717) is 17.9 Å². The van der Waals surface area contributed by atoms with Crippen molar-refractivity contribution in [3.8, 4) is 11.5 Å². The third-order valence-corrected chi connectivity index (χ3v) is 13.7. The van der Waals surface area contributed by atoms with Crippen LogP contribution in [0.4, 0.5) is 11.4 Å². The number of anilines is 2. The van der Waals surface area contributed by atoms with E-state index in [1.54, 1.807) is 31.3 Å². The van der Waals surface area contributed by atoms with Crippen molar-refractivity contribution < 1.29 is 34.0 Å². The van der Waals surface area contributed by atoms with Crippen LogP contribution in [0.5, 0.6) is 11.5 Å². The van der Waals surface area contributed by atoms with Crippen LogP contribution >= 0.6 is 0 Å². The zero-order valence-electron chi connectivity index (χ0n) is 26.2. The summed E-state index contributed by atoms with van der Waals surface area (Å²) < 4.78 is 18.0. The number of methoxy groups -OCH3 is 2. The highest BCUT2D eigenvalue weighted by Gasteiger charge is 2.66. The number of hydrogen-bond acceptors (Lipinski definition) is 7. The fourth-order valence-corrected chi connectivity index (χ4v) is 11.2. The van der Waals surface area contributed by atoms with Crippen LogP contribution < -0.4 is 24.9 Å². The van der Waals surface area contributed by atoms with Gasteiger partial charge in [0.05, 0.1) is 40.6 Å². The second-order valence-corrected chi connectivity index (χ2v) is 17.0. The van der Waals surface area contributed by atoms with E-state index in [2.05, 4.69) is 37.5 Å². The normalized spacial score (nSPS) is 23.5. The minimum Gasteiger partial charge on any atom is -0.497 e. The molecule has 1 fully saturated rings. The SMILES string of the molecule is COc1ccc([Si](C)(C)[C@@H]2[C@@H](CCO)O[C@]3(C(=O)N(Cc4cccc(NC(=O)[C@H](C)O)c4)c4ccc(OC)cc43)[C@H]2C)cc1. The van der Waals surface area contributed by atoms with Crippen LogP contribution in [0, 0.1) is 5.92 Å². The smallest absolute Gasteiger partial charge is 0.264 e. The number of aliphatic hydroxyl groups is 2. The molecule has 3 aromatic rings. The first kappa shape index (κ1) is 31.7. The number of fused-ring (bicyclic) bond motifs is 2. The zero-order chi connectivity index (χ0) is 31.8. The highest BCUT2D eigenvalue weighted by molar-refractivity contribution is 6.91. The van der Waals surface area contributed by atoms with Crippen molar-refractivity contribution in [2.75, 3.05) is 31.0 Å². The lowest BCUT2D eigenvalue weighted by Crippen LogP contribution is -2.51. The van der Waals surface area contributed by atoms with Crippen molar-refractivity contribution in [1.82, 2.24) is 0 Å². The van der Waals surface area contributed by atoms with Gasteiger partial charge in [-0.25, -0.2) is 0 Å². The molecule has 1 spiro atoms. The minimum atomic E-state index is -2.29. The maximum Gasteiger partial charge on any atom is 0.264 e. The number of rotatable bonds is 10. The average molecular weight is 619 g/mol. The molecule has 2 heterocycles. The molecule has 5 atom stereocenters. The number of amides is 2. The van der Waals surface area contributed by atoms with Gasteiger partial charge in [0.25, 0.3) is 11.8 Å². The summed E-state index contributed by atoms with van der Waals surface area (Å²) in [4.78, 5) is 28.6. The monoisotopic (exact) mass is 618 g/mol. The lowest BCUT2D eigenvalue weighted by atomic mass is 9.82. The second kappa shape index (κ2) is 12.4. The molecule has 2 aliphatic heterocycles. The number of benzene rings is 3. The van der Waals surface area contributed by atoms with Crippen molar-refractivity contribution >= 4 is 36.4 Å². The van der Waals surface area contributed by atoms with E-state index >= 15 is 0 Å². The van der Waals surface area contributed by atoms with Gasteiger partial charge < -0.3 is 34.6 Å². The molecule has 0 aromatic heterocycles. The van der Waals surface area contributed by atoms with Crippen LogP contribution in [0.1, 0.15) is 31.4 Å². The largest absolute Gasteiger partial charge is 0.497 e. The maximum atomic E-state index is 14.8. The van der Waals surface area contributed by atoms with Gasteiger partial charge in [-0.15, -0.1) is 0 Å². The first-order chi connectivity index (χ1) is 21.0. The van der Waals surface area contributed by atoms with Crippen LogP contribution in [0.2, 0.25) is 18.6 Å². The molecule has 3 aromatic carbocycles. The van der Waals surface area contributed by atoms with Crippen molar-refractivity contribution in [1.29, 1.82) is 0 Å². The molecule has 2 amide bonds. The van der Waals surface area contributed by atoms with E-state index in [1.807, 2.05) is 42.5 Å². The molecule has 10 heteroatoms. The Labute approximate surface area is 259 Å². The van der Waals surface area contributed by atoms with Crippen LogP contribution in [0.15, 0.2) is 66.7 Å². The molecule has 2 aliphatic rings. The van der Waals surface area contributed by atoms with E-state index in [-0.39, 0.29) is 36.6 Å². The number of nitrogens with one attached hydrogen (secondary N) is 1.